The first-order valence-electron chi connectivity index (χ1n) is 7.05. The summed E-state index contributed by atoms with van der Waals surface area (Å²) < 4.78 is 6.07. The highest BCUT2D eigenvalue weighted by molar-refractivity contribution is 5.92. The predicted octanol–water partition coefficient (Wildman–Crippen LogP) is 1.96. The zero-order valence-electron chi connectivity index (χ0n) is 13.7. The molecular formula is C14H15N5O6. The molecule has 0 aliphatic rings. The van der Waals surface area contributed by atoms with Gasteiger partial charge in [-0.3, -0.25) is 14.9 Å². The monoisotopic (exact) mass is 349 g/mol. The highest BCUT2D eigenvalue weighted by Gasteiger charge is 2.35. The summed E-state index contributed by atoms with van der Waals surface area (Å²) in [7, 11) is 1.45. The number of aryl methyl sites for hydroxylation is 1. The van der Waals surface area contributed by atoms with Gasteiger partial charge < -0.3 is 20.2 Å². The molecule has 0 aliphatic carbocycles. The van der Waals surface area contributed by atoms with Gasteiger partial charge in [-0.1, -0.05) is 6.07 Å². The minimum atomic E-state index is -0.955. The Morgan fingerprint density at radius 1 is 1.28 bits per heavy atom. The summed E-state index contributed by atoms with van der Waals surface area (Å²) in [6.07, 6.45) is 0. The molecule has 0 aliphatic heterocycles. The number of carbonyl (C=O) groups excluding carboxylic acids is 1. The molecule has 0 spiro atoms. The van der Waals surface area contributed by atoms with Crippen LogP contribution in [-0.2, 0) is 11.3 Å². The van der Waals surface area contributed by atoms with Gasteiger partial charge in [0.05, 0.1) is 22.8 Å². The van der Waals surface area contributed by atoms with E-state index >= 15 is 0 Å². The molecule has 0 radical (unpaired) electrons. The minimum Gasteiger partial charge on any atom is -0.495 e. The highest BCUT2D eigenvalue weighted by Crippen LogP contribution is 2.29. The van der Waals surface area contributed by atoms with Crippen LogP contribution in [0.3, 0.4) is 0 Å². The van der Waals surface area contributed by atoms with E-state index in [1.165, 1.54) is 14.0 Å². The van der Waals surface area contributed by atoms with E-state index in [-0.39, 0.29) is 5.69 Å². The Bertz CT molecular complexity index is 860. The normalized spacial score (nSPS) is 10.4. The van der Waals surface area contributed by atoms with Crippen LogP contribution in [0.2, 0.25) is 0 Å². The van der Waals surface area contributed by atoms with Crippen molar-refractivity contribution >= 4 is 23.1 Å². The Morgan fingerprint density at radius 2 is 1.96 bits per heavy atom. The molecule has 2 rings (SSSR count). The Balaban J connectivity index is 2.27. The predicted molar refractivity (Wildman–Crippen MR) is 86.6 cm³/mol. The number of nitro groups is 2. The molecular weight excluding hydrogens is 334 g/mol. The van der Waals surface area contributed by atoms with Gasteiger partial charge in [-0.2, -0.15) is 4.68 Å². The minimum absolute atomic E-state index is 0.0805. The molecule has 11 heteroatoms. The zero-order valence-corrected chi connectivity index (χ0v) is 13.7. The maximum Gasteiger partial charge on any atom is 0.468 e. The summed E-state index contributed by atoms with van der Waals surface area (Å²) in [4.78, 5) is 32.2. The van der Waals surface area contributed by atoms with Crippen LogP contribution in [0.25, 0.3) is 0 Å². The standard InChI is InChI=1S/C14H15N5O6/c1-8-4-5-11(25-3)10(6-8)15-12(20)7-17-9(2)13(18(21)22)14(16-17)19(23)24/h4-6H,7H2,1-3H3,(H,15,20). The van der Waals surface area contributed by atoms with Gasteiger partial charge in [-0.15, -0.1) is 0 Å². The number of hydrogen-bond donors (Lipinski definition) is 1. The van der Waals surface area contributed by atoms with E-state index in [0.29, 0.717) is 11.4 Å². The molecule has 1 amide bonds. The molecule has 132 valence electrons. The van der Waals surface area contributed by atoms with Gasteiger partial charge in [-0.05, 0) is 36.5 Å². The fourth-order valence-corrected chi connectivity index (χ4v) is 2.26. The topological polar surface area (TPSA) is 142 Å². The van der Waals surface area contributed by atoms with Gasteiger partial charge in [0.1, 0.15) is 18.0 Å². The smallest absolute Gasteiger partial charge is 0.468 e. The molecule has 0 unspecified atom stereocenters. The van der Waals surface area contributed by atoms with Crippen LogP contribution in [0, 0.1) is 34.1 Å². The van der Waals surface area contributed by atoms with E-state index in [0.717, 1.165) is 10.2 Å². The first kappa shape index (κ1) is 17.8. The van der Waals surface area contributed by atoms with Crippen molar-refractivity contribution in [2.45, 2.75) is 20.4 Å². The van der Waals surface area contributed by atoms with Crippen molar-refractivity contribution in [3.63, 3.8) is 0 Å². The molecule has 1 heterocycles. The number of anilines is 1. The fraction of sp³-hybridized carbons (Fsp3) is 0.286. The van der Waals surface area contributed by atoms with E-state index in [2.05, 4.69) is 10.4 Å². The number of hydrogen-bond acceptors (Lipinski definition) is 7. The van der Waals surface area contributed by atoms with Gasteiger partial charge in [-0.25, -0.2) is 0 Å². The summed E-state index contributed by atoms with van der Waals surface area (Å²) in [5.41, 5.74) is 0.493. The largest absolute Gasteiger partial charge is 0.495 e. The molecule has 11 nitrogen and oxygen atoms in total. The van der Waals surface area contributed by atoms with Crippen molar-refractivity contribution in [1.82, 2.24) is 9.78 Å². The van der Waals surface area contributed by atoms with Crippen molar-refractivity contribution < 1.29 is 19.4 Å². The molecule has 1 N–H and O–H groups in total. The van der Waals surface area contributed by atoms with Crippen LogP contribution in [-0.4, -0.2) is 32.6 Å². The second-order valence-electron chi connectivity index (χ2n) is 5.18. The van der Waals surface area contributed by atoms with Crippen LogP contribution in [0.1, 0.15) is 11.3 Å². The number of nitrogens with zero attached hydrogens (tertiary/aromatic N) is 4. The van der Waals surface area contributed by atoms with Crippen LogP contribution in [0.15, 0.2) is 18.2 Å². The lowest BCUT2D eigenvalue weighted by molar-refractivity contribution is -0.424. The van der Waals surface area contributed by atoms with Crippen molar-refractivity contribution in [3.05, 3.63) is 49.7 Å². The number of carbonyl (C=O) groups is 1. The SMILES string of the molecule is COc1ccc(C)cc1NC(=O)Cn1nc([N+](=O)[O-])c([N+](=O)[O-])c1C. The summed E-state index contributed by atoms with van der Waals surface area (Å²) in [6.45, 7) is 2.70. The molecule has 1 aromatic carbocycles. The quantitative estimate of drug-likeness (QED) is 0.620. The molecule has 0 saturated heterocycles. The third-order valence-corrected chi connectivity index (χ3v) is 3.44. The second kappa shape index (κ2) is 6.95. The molecule has 25 heavy (non-hydrogen) atoms. The summed E-state index contributed by atoms with van der Waals surface area (Å²) in [6, 6.07) is 5.18. The van der Waals surface area contributed by atoms with Crippen molar-refractivity contribution in [3.8, 4) is 5.75 Å². The average Bonchev–Trinajstić information content (AvgIpc) is 2.84. The molecule has 0 saturated carbocycles. The lowest BCUT2D eigenvalue weighted by Crippen LogP contribution is -2.20. The summed E-state index contributed by atoms with van der Waals surface area (Å²) in [5, 5.41) is 28.0. The van der Waals surface area contributed by atoms with Gasteiger partial charge >= 0.3 is 11.5 Å². The molecule has 2 aromatic rings. The van der Waals surface area contributed by atoms with Crippen molar-refractivity contribution in [2.24, 2.45) is 0 Å². The van der Waals surface area contributed by atoms with Crippen LogP contribution in [0.5, 0.6) is 5.75 Å². The number of amides is 1. The van der Waals surface area contributed by atoms with E-state index in [1.54, 1.807) is 18.2 Å². The Hall–Kier alpha value is -3.50. The Morgan fingerprint density at radius 3 is 2.48 bits per heavy atom. The molecule has 1 aromatic heterocycles. The second-order valence-corrected chi connectivity index (χ2v) is 5.18. The van der Waals surface area contributed by atoms with Gasteiger partial charge in [0.25, 0.3) is 0 Å². The number of benzene rings is 1. The third kappa shape index (κ3) is 3.71. The zero-order chi connectivity index (χ0) is 18.7. The van der Waals surface area contributed by atoms with E-state index in [9.17, 15) is 25.0 Å². The Labute approximate surface area is 141 Å². The molecule has 0 atom stereocenters. The van der Waals surface area contributed by atoms with Gasteiger partial charge in [0.15, 0.2) is 0 Å². The van der Waals surface area contributed by atoms with E-state index in [1.807, 2.05) is 6.92 Å². The Kier molecular flexibility index (Phi) is 4.96. The number of nitrogens with one attached hydrogen (secondary N) is 1. The summed E-state index contributed by atoms with van der Waals surface area (Å²) in [5.74, 6) is -1.02. The maximum atomic E-state index is 12.2. The number of aromatic nitrogens is 2. The van der Waals surface area contributed by atoms with Gasteiger partial charge in [0.2, 0.25) is 5.91 Å². The van der Waals surface area contributed by atoms with Crippen LogP contribution < -0.4 is 10.1 Å². The lowest BCUT2D eigenvalue weighted by atomic mass is 10.2. The van der Waals surface area contributed by atoms with E-state index in [4.69, 9.17) is 4.74 Å². The van der Waals surface area contributed by atoms with Crippen LogP contribution in [0.4, 0.5) is 17.2 Å². The third-order valence-electron chi connectivity index (χ3n) is 3.44. The van der Waals surface area contributed by atoms with Gasteiger partial charge in [0, 0.05) is 0 Å². The van der Waals surface area contributed by atoms with Crippen molar-refractivity contribution in [2.75, 3.05) is 12.4 Å². The first-order valence-corrected chi connectivity index (χ1v) is 7.05. The highest BCUT2D eigenvalue weighted by atomic mass is 16.6. The summed E-state index contributed by atoms with van der Waals surface area (Å²) >= 11 is 0. The number of methoxy groups -OCH3 is 1. The molecule has 0 fully saturated rings. The maximum absolute atomic E-state index is 12.2. The van der Waals surface area contributed by atoms with Crippen LogP contribution >= 0.6 is 0 Å². The first-order chi connectivity index (χ1) is 11.7. The fourth-order valence-electron chi connectivity index (χ4n) is 2.26. The van der Waals surface area contributed by atoms with Crippen molar-refractivity contribution in [1.29, 1.82) is 0 Å². The number of ether oxygens (including phenoxy) is 1. The average molecular weight is 349 g/mol. The number of rotatable bonds is 6. The van der Waals surface area contributed by atoms with E-state index < -0.39 is 33.8 Å². The molecule has 0 bridgehead atoms. The lowest BCUT2D eigenvalue weighted by Gasteiger charge is -2.10.